The van der Waals surface area contributed by atoms with Gasteiger partial charge in [-0.3, -0.25) is 9.59 Å². The first-order valence-electron chi connectivity index (χ1n) is 10.1. The smallest absolute Gasteiger partial charge is 0.262 e. The highest BCUT2D eigenvalue weighted by molar-refractivity contribution is 6.01. The fraction of sp³-hybridized carbons (Fsp3) is 0.250. The van der Waals surface area contributed by atoms with Crippen molar-refractivity contribution in [2.45, 2.75) is 31.5 Å². The maximum atomic E-state index is 12.4. The van der Waals surface area contributed by atoms with E-state index in [1.807, 2.05) is 36.4 Å². The third-order valence-corrected chi connectivity index (χ3v) is 5.59. The number of fused-ring (bicyclic) bond motifs is 2. The number of carbonyl (C=O) groups excluding carboxylic acids is 2. The van der Waals surface area contributed by atoms with Crippen LogP contribution in [0.5, 0.6) is 17.2 Å². The minimum absolute atomic E-state index is 0.211. The van der Waals surface area contributed by atoms with Gasteiger partial charge in [-0.15, -0.1) is 0 Å². The molecule has 1 aliphatic carbocycles. The Kier molecular flexibility index (Phi) is 4.54. The Labute approximate surface area is 173 Å². The minimum atomic E-state index is -0.532. The van der Waals surface area contributed by atoms with Crippen molar-refractivity contribution in [1.82, 2.24) is 0 Å². The molecule has 0 aromatic heterocycles. The van der Waals surface area contributed by atoms with Crippen LogP contribution < -0.4 is 19.5 Å². The lowest BCUT2D eigenvalue weighted by Crippen LogP contribution is -2.34. The van der Waals surface area contributed by atoms with Crippen LogP contribution in [-0.2, 0) is 4.79 Å². The van der Waals surface area contributed by atoms with Gasteiger partial charge in [0.05, 0.1) is 5.56 Å². The van der Waals surface area contributed by atoms with Gasteiger partial charge in [0, 0.05) is 24.6 Å². The number of anilines is 1. The summed E-state index contributed by atoms with van der Waals surface area (Å²) < 4.78 is 17.7. The predicted octanol–water partition coefficient (Wildman–Crippen LogP) is 4.71. The van der Waals surface area contributed by atoms with E-state index in [1.165, 1.54) is 0 Å². The number of nitrogens with one attached hydrogen (secondary N) is 1. The van der Waals surface area contributed by atoms with Gasteiger partial charge in [-0.2, -0.15) is 0 Å². The average Bonchev–Trinajstić information content (AvgIpc) is 3.37. The molecule has 1 saturated carbocycles. The molecule has 0 unspecified atom stereocenters. The SMILES string of the molecule is O=Cc1c(OCC(=O)Nc2ccc3c(c2)OC2(CCCC2)O3)ccc2ccccc12. The van der Waals surface area contributed by atoms with E-state index in [0.29, 0.717) is 28.5 Å². The average molecular weight is 403 g/mol. The van der Waals surface area contributed by atoms with Crippen molar-refractivity contribution >= 4 is 28.7 Å². The lowest BCUT2D eigenvalue weighted by Gasteiger charge is -2.21. The van der Waals surface area contributed by atoms with Gasteiger partial charge in [-0.05, 0) is 41.8 Å². The van der Waals surface area contributed by atoms with Crippen LogP contribution in [0.2, 0.25) is 0 Å². The van der Waals surface area contributed by atoms with E-state index < -0.39 is 5.79 Å². The summed E-state index contributed by atoms with van der Waals surface area (Å²) in [6, 6.07) is 16.5. The molecular weight excluding hydrogens is 382 g/mol. The van der Waals surface area contributed by atoms with Crippen molar-refractivity contribution in [3.63, 3.8) is 0 Å². The van der Waals surface area contributed by atoms with Crippen molar-refractivity contribution in [2.24, 2.45) is 0 Å². The van der Waals surface area contributed by atoms with Crippen molar-refractivity contribution in [2.75, 3.05) is 11.9 Å². The number of amides is 1. The highest BCUT2D eigenvalue weighted by Gasteiger charge is 2.44. The third-order valence-electron chi connectivity index (χ3n) is 5.59. The Hall–Kier alpha value is -3.54. The van der Waals surface area contributed by atoms with Crippen LogP contribution in [0.4, 0.5) is 5.69 Å². The normalized spacial score (nSPS) is 16.0. The molecule has 0 atom stereocenters. The second-order valence-corrected chi connectivity index (χ2v) is 7.64. The number of hydrogen-bond donors (Lipinski definition) is 1. The minimum Gasteiger partial charge on any atom is -0.483 e. The molecule has 3 aromatic rings. The van der Waals surface area contributed by atoms with Crippen molar-refractivity contribution in [1.29, 1.82) is 0 Å². The van der Waals surface area contributed by atoms with Crippen LogP contribution in [0, 0.1) is 0 Å². The maximum Gasteiger partial charge on any atom is 0.262 e. The fourth-order valence-electron chi connectivity index (χ4n) is 4.15. The molecular formula is C24H21NO5. The summed E-state index contributed by atoms with van der Waals surface area (Å²) in [7, 11) is 0. The quantitative estimate of drug-likeness (QED) is 0.625. The molecule has 152 valence electrons. The molecule has 0 saturated heterocycles. The molecule has 1 aliphatic heterocycles. The zero-order valence-electron chi connectivity index (χ0n) is 16.4. The molecule has 2 aliphatic rings. The van der Waals surface area contributed by atoms with Gasteiger partial charge in [0.25, 0.3) is 11.7 Å². The van der Waals surface area contributed by atoms with Gasteiger partial charge in [-0.1, -0.05) is 30.3 Å². The van der Waals surface area contributed by atoms with Crippen molar-refractivity contribution in [3.8, 4) is 17.2 Å². The van der Waals surface area contributed by atoms with Crippen LogP contribution in [0.1, 0.15) is 36.0 Å². The first-order valence-corrected chi connectivity index (χ1v) is 10.1. The van der Waals surface area contributed by atoms with E-state index in [0.717, 1.165) is 42.7 Å². The van der Waals surface area contributed by atoms with Crippen LogP contribution in [0.15, 0.2) is 54.6 Å². The monoisotopic (exact) mass is 403 g/mol. The lowest BCUT2D eigenvalue weighted by molar-refractivity contribution is -0.118. The van der Waals surface area contributed by atoms with Gasteiger partial charge in [0.2, 0.25) is 0 Å². The summed E-state index contributed by atoms with van der Waals surface area (Å²) >= 11 is 0. The van der Waals surface area contributed by atoms with Crippen LogP contribution in [-0.4, -0.2) is 24.6 Å². The maximum absolute atomic E-state index is 12.4. The molecule has 5 rings (SSSR count). The van der Waals surface area contributed by atoms with E-state index in [4.69, 9.17) is 14.2 Å². The second-order valence-electron chi connectivity index (χ2n) is 7.64. The number of benzene rings is 3. The number of aldehydes is 1. The molecule has 1 heterocycles. The highest BCUT2D eigenvalue weighted by atomic mass is 16.7. The molecule has 6 heteroatoms. The number of rotatable bonds is 5. The number of ether oxygens (including phenoxy) is 3. The topological polar surface area (TPSA) is 73.9 Å². The molecule has 1 amide bonds. The van der Waals surface area contributed by atoms with Crippen molar-refractivity contribution in [3.05, 3.63) is 60.2 Å². The molecule has 0 bridgehead atoms. The standard InChI is InChI=1S/C24H21NO5/c26-14-19-18-6-2-1-5-16(18)7-9-20(19)28-15-23(27)25-17-8-10-21-22(13-17)30-24(29-21)11-3-4-12-24/h1-2,5-10,13-14H,3-4,11-12,15H2,(H,25,27). The van der Waals surface area contributed by atoms with E-state index >= 15 is 0 Å². The Balaban J connectivity index is 1.26. The van der Waals surface area contributed by atoms with E-state index in [9.17, 15) is 9.59 Å². The highest BCUT2D eigenvalue weighted by Crippen LogP contribution is 2.47. The van der Waals surface area contributed by atoms with Crippen molar-refractivity contribution < 1.29 is 23.8 Å². The van der Waals surface area contributed by atoms with Crippen LogP contribution in [0.25, 0.3) is 10.8 Å². The summed E-state index contributed by atoms with van der Waals surface area (Å²) in [6.07, 6.45) is 4.69. The fourth-order valence-corrected chi connectivity index (χ4v) is 4.15. The van der Waals surface area contributed by atoms with E-state index in [1.54, 1.807) is 18.2 Å². The Morgan fingerprint density at radius 3 is 2.67 bits per heavy atom. The summed E-state index contributed by atoms with van der Waals surface area (Å²) in [5.41, 5.74) is 1.04. The van der Waals surface area contributed by atoms with E-state index in [2.05, 4.69) is 5.32 Å². The first-order chi connectivity index (χ1) is 14.7. The van der Waals surface area contributed by atoms with Gasteiger partial charge in [-0.25, -0.2) is 0 Å². The largest absolute Gasteiger partial charge is 0.483 e. The van der Waals surface area contributed by atoms with Gasteiger partial charge < -0.3 is 19.5 Å². The van der Waals surface area contributed by atoms with Crippen LogP contribution >= 0.6 is 0 Å². The molecule has 1 fully saturated rings. The summed E-state index contributed by atoms with van der Waals surface area (Å²) in [5, 5.41) is 4.54. The molecule has 6 nitrogen and oxygen atoms in total. The van der Waals surface area contributed by atoms with Gasteiger partial charge in [0.15, 0.2) is 24.4 Å². The zero-order chi connectivity index (χ0) is 20.6. The second kappa shape index (κ2) is 7.37. The third kappa shape index (κ3) is 3.34. The summed E-state index contributed by atoms with van der Waals surface area (Å²) in [5.74, 6) is 0.878. The molecule has 3 aromatic carbocycles. The summed E-state index contributed by atoms with van der Waals surface area (Å²) in [6.45, 7) is -0.211. The first kappa shape index (κ1) is 18.5. The Morgan fingerprint density at radius 2 is 1.83 bits per heavy atom. The van der Waals surface area contributed by atoms with E-state index in [-0.39, 0.29) is 12.5 Å². The lowest BCUT2D eigenvalue weighted by atomic mass is 10.0. The van der Waals surface area contributed by atoms with Crippen LogP contribution in [0.3, 0.4) is 0 Å². The number of hydrogen-bond acceptors (Lipinski definition) is 5. The Morgan fingerprint density at radius 1 is 1.03 bits per heavy atom. The van der Waals surface area contributed by atoms with Gasteiger partial charge in [0.1, 0.15) is 5.75 Å². The summed E-state index contributed by atoms with van der Waals surface area (Å²) in [4.78, 5) is 24.0. The predicted molar refractivity (Wildman–Crippen MR) is 112 cm³/mol. The molecule has 1 spiro atoms. The Bertz CT molecular complexity index is 1130. The molecule has 1 N–H and O–H groups in total. The number of carbonyl (C=O) groups is 2. The molecule has 30 heavy (non-hydrogen) atoms. The molecule has 0 radical (unpaired) electrons. The zero-order valence-corrected chi connectivity index (χ0v) is 16.4. The van der Waals surface area contributed by atoms with Gasteiger partial charge >= 0.3 is 0 Å².